The summed E-state index contributed by atoms with van der Waals surface area (Å²) in [6, 6.07) is 15.1. The lowest BCUT2D eigenvalue weighted by Gasteiger charge is -2.10. The van der Waals surface area contributed by atoms with Gasteiger partial charge in [-0.2, -0.15) is 0 Å². The van der Waals surface area contributed by atoms with Gasteiger partial charge in [-0.25, -0.2) is 4.39 Å². The second kappa shape index (κ2) is 4.79. The van der Waals surface area contributed by atoms with E-state index in [9.17, 15) is 4.39 Å². The van der Waals surface area contributed by atoms with Gasteiger partial charge in [-0.15, -0.1) is 0 Å². The Bertz CT molecular complexity index is 445. The van der Waals surface area contributed by atoms with Crippen LogP contribution in [0, 0.1) is 12.7 Å². The monoisotopic (exact) mass is 215 g/mol. The second-order valence-electron chi connectivity index (χ2n) is 3.77. The van der Waals surface area contributed by atoms with Crippen LogP contribution in [0.15, 0.2) is 48.5 Å². The number of anilines is 1. The van der Waals surface area contributed by atoms with Gasteiger partial charge in [0.2, 0.25) is 0 Å². The molecule has 2 rings (SSSR count). The van der Waals surface area contributed by atoms with Crippen LogP contribution < -0.4 is 5.32 Å². The van der Waals surface area contributed by atoms with E-state index in [4.69, 9.17) is 0 Å². The number of para-hydroxylation sites is 1. The summed E-state index contributed by atoms with van der Waals surface area (Å²) in [4.78, 5) is 0. The Labute approximate surface area is 94.9 Å². The Morgan fingerprint density at radius 2 is 1.75 bits per heavy atom. The molecule has 2 heteroatoms. The highest BCUT2D eigenvalue weighted by atomic mass is 19.1. The smallest absolute Gasteiger partial charge is 0.146 e. The average Bonchev–Trinajstić information content (AvgIpc) is 2.30. The van der Waals surface area contributed by atoms with Crippen LogP contribution in [-0.4, -0.2) is 0 Å². The third-order valence-electron chi connectivity index (χ3n) is 2.53. The molecule has 0 spiro atoms. The van der Waals surface area contributed by atoms with Crippen molar-refractivity contribution >= 4 is 5.69 Å². The highest BCUT2D eigenvalue weighted by Crippen LogP contribution is 2.19. The molecule has 0 unspecified atom stereocenters. The molecule has 2 aromatic rings. The topological polar surface area (TPSA) is 12.0 Å². The molecule has 0 aliphatic carbocycles. The van der Waals surface area contributed by atoms with Crippen LogP contribution in [-0.2, 0) is 6.54 Å². The molecule has 0 saturated carbocycles. The lowest BCUT2D eigenvalue weighted by atomic mass is 10.1. The quantitative estimate of drug-likeness (QED) is 0.822. The van der Waals surface area contributed by atoms with Crippen molar-refractivity contribution in [2.75, 3.05) is 5.32 Å². The van der Waals surface area contributed by atoms with Crippen molar-refractivity contribution < 1.29 is 4.39 Å². The third-order valence-corrected chi connectivity index (χ3v) is 2.53. The summed E-state index contributed by atoms with van der Waals surface area (Å²) in [6.45, 7) is 2.54. The lowest BCUT2D eigenvalue weighted by molar-refractivity contribution is 0.629. The highest BCUT2D eigenvalue weighted by molar-refractivity contribution is 5.51. The van der Waals surface area contributed by atoms with Crippen LogP contribution in [0.25, 0.3) is 0 Å². The first-order chi connectivity index (χ1) is 7.77. The number of rotatable bonds is 3. The van der Waals surface area contributed by atoms with Crippen molar-refractivity contribution in [1.82, 2.24) is 0 Å². The number of benzene rings is 2. The molecule has 0 radical (unpaired) electrons. The fourth-order valence-corrected chi connectivity index (χ4v) is 1.64. The average molecular weight is 215 g/mol. The molecule has 1 N–H and O–H groups in total. The molecule has 0 aromatic heterocycles. The van der Waals surface area contributed by atoms with E-state index in [1.807, 2.05) is 43.3 Å². The third kappa shape index (κ3) is 2.40. The Hall–Kier alpha value is -1.83. The van der Waals surface area contributed by atoms with E-state index in [2.05, 4.69) is 5.32 Å². The van der Waals surface area contributed by atoms with Gasteiger partial charge in [0.1, 0.15) is 5.82 Å². The SMILES string of the molecule is Cc1cccc(F)c1NCc1ccccc1. The minimum atomic E-state index is -0.198. The van der Waals surface area contributed by atoms with Crippen LogP contribution in [0.5, 0.6) is 0 Å². The summed E-state index contributed by atoms with van der Waals surface area (Å²) in [5.41, 5.74) is 2.66. The number of nitrogens with one attached hydrogen (secondary N) is 1. The van der Waals surface area contributed by atoms with Crippen molar-refractivity contribution in [2.45, 2.75) is 13.5 Å². The first-order valence-electron chi connectivity index (χ1n) is 5.30. The van der Waals surface area contributed by atoms with Gasteiger partial charge in [-0.3, -0.25) is 0 Å². The van der Waals surface area contributed by atoms with Crippen molar-refractivity contribution in [3.8, 4) is 0 Å². The Balaban J connectivity index is 2.11. The Morgan fingerprint density at radius 3 is 2.44 bits per heavy atom. The summed E-state index contributed by atoms with van der Waals surface area (Å²) in [6.07, 6.45) is 0. The second-order valence-corrected chi connectivity index (χ2v) is 3.77. The predicted molar refractivity (Wildman–Crippen MR) is 64.9 cm³/mol. The lowest BCUT2D eigenvalue weighted by Crippen LogP contribution is -2.02. The molecule has 82 valence electrons. The van der Waals surface area contributed by atoms with Gasteiger partial charge in [0.05, 0.1) is 5.69 Å². The first kappa shape index (κ1) is 10.7. The van der Waals surface area contributed by atoms with Gasteiger partial charge < -0.3 is 5.32 Å². The molecule has 0 saturated heterocycles. The molecule has 0 aliphatic rings. The molecule has 0 fully saturated rings. The van der Waals surface area contributed by atoms with Crippen LogP contribution in [0.1, 0.15) is 11.1 Å². The first-order valence-corrected chi connectivity index (χ1v) is 5.30. The summed E-state index contributed by atoms with van der Waals surface area (Å²) in [5, 5.41) is 3.12. The van der Waals surface area contributed by atoms with E-state index in [0.717, 1.165) is 11.1 Å². The maximum atomic E-state index is 13.5. The fourth-order valence-electron chi connectivity index (χ4n) is 1.64. The normalized spacial score (nSPS) is 10.1. The molecule has 0 atom stereocenters. The molecular weight excluding hydrogens is 201 g/mol. The molecule has 1 nitrogen and oxygen atoms in total. The number of aryl methyl sites for hydroxylation is 1. The van der Waals surface area contributed by atoms with E-state index in [1.54, 1.807) is 6.07 Å². The standard InChI is InChI=1S/C14H14FN/c1-11-6-5-9-13(15)14(11)16-10-12-7-3-2-4-8-12/h2-9,16H,10H2,1H3. The molecule has 0 aliphatic heterocycles. The summed E-state index contributed by atoms with van der Waals surface area (Å²) >= 11 is 0. The van der Waals surface area contributed by atoms with E-state index in [0.29, 0.717) is 12.2 Å². The molecule has 0 amide bonds. The van der Waals surface area contributed by atoms with Crippen molar-refractivity contribution in [3.63, 3.8) is 0 Å². The Morgan fingerprint density at radius 1 is 1.00 bits per heavy atom. The number of halogens is 1. The summed E-state index contributed by atoms with van der Waals surface area (Å²) in [7, 11) is 0. The van der Waals surface area contributed by atoms with Crippen LogP contribution in [0.3, 0.4) is 0 Å². The van der Waals surface area contributed by atoms with Crippen molar-refractivity contribution in [3.05, 3.63) is 65.5 Å². The largest absolute Gasteiger partial charge is 0.378 e. The molecule has 0 heterocycles. The van der Waals surface area contributed by atoms with E-state index in [-0.39, 0.29) is 5.82 Å². The fraction of sp³-hybridized carbons (Fsp3) is 0.143. The van der Waals surface area contributed by atoms with Gasteiger partial charge in [0, 0.05) is 6.54 Å². The molecular formula is C14H14FN. The van der Waals surface area contributed by atoms with Gasteiger partial charge in [0.25, 0.3) is 0 Å². The zero-order valence-electron chi connectivity index (χ0n) is 9.20. The van der Waals surface area contributed by atoms with E-state index in [1.165, 1.54) is 6.07 Å². The van der Waals surface area contributed by atoms with Gasteiger partial charge in [-0.05, 0) is 24.1 Å². The van der Waals surface area contributed by atoms with Crippen molar-refractivity contribution in [2.24, 2.45) is 0 Å². The van der Waals surface area contributed by atoms with Crippen LogP contribution >= 0.6 is 0 Å². The van der Waals surface area contributed by atoms with Crippen LogP contribution in [0.2, 0.25) is 0 Å². The molecule has 16 heavy (non-hydrogen) atoms. The maximum Gasteiger partial charge on any atom is 0.146 e. The predicted octanol–water partition coefficient (Wildman–Crippen LogP) is 3.75. The zero-order chi connectivity index (χ0) is 11.4. The minimum absolute atomic E-state index is 0.198. The summed E-state index contributed by atoms with van der Waals surface area (Å²) < 4.78 is 13.5. The van der Waals surface area contributed by atoms with E-state index >= 15 is 0 Å². The van der Waals surface area contributed by atoms with Crippen LogP contribution in [0.4, 0.5) is 10.1 Å². The zero-order valence-corrected chi connectivity index (χ0v) is 9.20. The number of hydrogen-bond donors (Lipinski definition) is 1. The van der Waals surface area contributed by atoms with Gasteiger partial charge in [-0.1, -0.05) is 42.5 Å². The minimum Gasteiger partial charge on any atom is -0.378 e. The van der Waals surface area contributed by atoms with Gasteiger partial charge in [0.15, 0.2) is 0 Å². The summed E-state index contributed by atoms with van der Waals surface area (Å²) in [5.74, 6) is -0.198. The highest BCUT2D eigenvalue weighted by Gasteiger charge is 2.03. The molecule has 0 bridgehead atoms. The van der Waals surface area contributed by atoms with Crippen molar-refractivity contribution in [1.29, 1.82) is 0 Å². The maximum absolute atomic E-state index is 13.5. The Kier molecular flexibility index (Phi) is 3.20. The molecule has 2 aromatic carbocycles. The van der Waals surface area contributed by atoms with E-state index < -0.39 is 0 Å². The van der Waals surface area contributed by atoms with Gasteiger partial charge >= 0.3 is 0 Å². The number of hydrogen-bond acceptors (Lipinski definition) is 1.